The van der Waals surface area contributed by atoms with E-state index in [0.717, 1.165) is 25.9 Å². The van der Waals surface area contributed by atoms with Crippen molar-refractivity contribution in [2.24, 2.45) is 5.92 Å². The highest BCUT2D eigenvalue weighted by molar-refractivity contribution is 5.97. The molecule has 0 radical (unpaired) electrons. The van der Waals surface area contributed by atoms with Crippen LogP contribution in [0.1, 0.15) is 52.6 Å². The minimum atomic E-state index is -0.934. The summed E-state index contributed by atoms with van der Waals surface area (Å²) in [4.78, 5) is 39.4. The number of nitrogens with one attached hydrogen (secondary N) is 1. The Morgan fingerprint density at radius 2 is 1.47 bits per heavy atom. The molecule has 2 N–H and O–H groups in total. The zero-order valence-electron chi connectivity index (χ0n) is 20.6. The first-order valence-corrected chi connectivity index (χ1v) is 12.7. The second kappa shape index (κ2) is 11.6. The fourth-order valence-corrected chi connectivity index (χ4v) is 5.57. The molecule has 2 atom stereocenters. The molecule has 3 aromatic rings. The van der Waals surface area contributed by atoms with Gasteiger partial charge >= 0.3 is 5.97 Å². The predicted octanol–water partition coefficient (Wildman–Crippen LogP) is 4.53. The van der Waals surface area contributed by atoms with Gasteiger partial charge < -0.3 is 19.6 Å². The Kier molecular flexibility index (Phi) is 8.27. The molecular formula is C31H35N2O5+. The van der Waals surface area contributed by atoms with Crippen molar-refractivity contribution in [1.82, 2.24) is 5.32 Å². The van der Waals surface area contributed by atoms with Gasteiger partial charge in [0.25, 0.3) is 5.91 Å². The number of phenolic OH excluding ortho intramolecular Hbond substituents is 1. The third-order valence-electron chi connectivity index (χ3n) is 7.66. The van der Waals surface area contributed by atoms with Crippen molar-refractivity contribution < 1.29 is 28.7 Å². The first-order chi connectivity index (χ1) is 17.9. The monoisotopic (exact) mass is 515 g/mol. The Bertz CT molecular complexity index is 1250. The number of esters is 1. The van der Waals surface area contributed by atoms with Gasteiger partial charge in [-0.3, -0.25) is 9.59 Å². The van der Waals surface area contributed by atoms with E-state index in [4.69, 9.17) is 4.74 Å². The van der Waals surface area contributed by atoms with E-state index in [9.17, 15) is 19.5 Å². The fourth-order valence-electron chi connectivity index (χ4n) is 5.57. The lowest BCUT2D eigenvalue weighted by Crippen LogP contribution is -2.66. The molecule has 1 unspecified atom stereocenters. The van der Waals surface area contributed by atoms with E-state index >= 15 is 0 Å². The summed E-state index contributed by atoms with van der Waals surface area (Å²) in [5.74, 6) is -0.445. The average molecular weight is 516 g/mol. The highest BCUT2D eigenvalue weighted by Crippen LogP contribution is 2.36. The van der Waals surface area contributed by atoms with Crippen LogP contribution in [0.25, 0.3) is 0 Å². The summed E-state index contributed by atoms with van der Waals surface area (Å²) < 4.78 is 6.68. The highest BCUT2D eigenvalue weighted by Gasteiger charge is 2.49. The van der Waals surface area contributed by atoms with Crippen LogP contribution in [0.5, 0.6) is 5.75 Å². The van der Waals surface area contributed by atoms with Crippen LogP contribution in [0.15, 0.2) is 84.9 Å². The predicted molar refractivity (Wildman–Crippen MR) is 145 cm³/mol. The SMILES string of the molecule is C.O=C(C[N+]12CCC(CC1)[C@@H](OC(=O)C(NC(=O)c1ccccc1)c1ccccc1)C2)c1ccc(O)cc1. The molecular weight excluding hydrogens is 480 g/mol. The Hall–Kier alpha value is -3.97. The van der Waals surface area contributed by atoms with E-state index in [1.54, 1.807) is 48.5 Å². The number of hydrogen-bond donors (Lipinski definition) is 2. The molecule has 3 aliphatic rings. The average Bonchev–Trinajstić information content (AvgIpc) is 2.93. The molecule has 1 amide bonds. The normalized spacial score (nSPS) is 22.5. The number of fused-ring (bicyclic) bond motifs is 3. The zero-order chi connectivity index (χ0) is 25.8. The summed E-state index contributed by atoms with van der Waals surface area (Å²) in [6.07, 6.45) is 1.45. The van der Waals surface area contributed by atoms with Crippen molar-refractivity contribution in [3.63, 3.8) is 0 Å². The number of carbonyl (C=O) groups is 3. The number of phenols is 1. The van der Waals surface area contributed by atoms with Crippen LogP contribution < -0.4 is 5.32 Å². The van der Waals surface area contributed by atoms with Crippen LogP contribution in [0.4, 0.5) is 0 Å². The largest absolute Gasteiger partial charge is 0.508 e. The molecule has 7 heteroatoms. The number of quaternary nitrogens is 1. The number of piperidine rings is 3. The van der Waals surface area contributed by atoms with E-state index < -0.39 is 12.0 Å². The Morgan fingerprint density at radius 1 is 0.868 bits per heavy atom. The number of rotatable bonds is 8. The summed E-state index contributed by atoms with van der Waals surface area (Å²) >= 11 is 0. The molecule has 0 saturated carbocycles. The van der Waals surface area contributed by atoms with Gasteiger partial charge in [-0.1, -0.05) is 56.0 Å². The topological polar surface area (TPSA) is 92.7 Å². The summed E-state index contributed by atoms with van der Waals surface area (Å²) in [5, 5.41) is 12.4. The van der Waals surface area contributed by atoms with E-state index in [-0.39, 0.29) is 36.9 Å². The van der Waals surface area contributed by atoms with Crippen molar-refractivity contribution in [3.05, 3.63) is 102 Å². The molecule has 7 nitrogen and oxygen atoms in total. The number of benzene rings is 3. The summed E-state index contributed by atoms with van der Waals surface area (Å²) in [6, 6.07) is 23.3. The minimum absolute atomic E-state index is 0. The lowest BCUT2D eigenvalue weighted by Gasteiger charge is -2.51. The molecule has 3 aliphatic heterocycles. The maximum absolute atomic E-state index is 13.5. The van der Waals surface area contributed by atoms with Gasteiger partial charge in [0.2, 0.25) is 5.78 Å². The molecule has 3 aromatic carbocycles. The standard InChI is InChI=1S/C30H30N2O5.CH4/c33-25-13-11-21(12-14-25)26(34)19-32-17-15-22(16-18-32)27(20-32)37-30(36)28(23-7-3-1-4-8-23)31-29(35)24-9-5-2-6-10-24;/h1-14,22,27-28H,15-20H2,(H-,31,33,34,35);1H4/p+1/t22?,27-,28?,32?;/m0./s1. The van der Waals surface area contributed by atoms with Crippen LogP contribution in [-0.2, 0) is 9.53 Å². The van der Waals surface area contributed by atoms with Crippen molar-refractivity contribution >= 4 is 17.7 Å². The van der Waals surface area contributed by atoms with Crippen LogP contribution in [0.2, 0.25) is 0 Å². The maximum atomic E-state index is 13.5. The van der Waals surface area contributed by atoms with Gasteiger partial charge in [0.1, 0.15) is 18.8 Å². The van der Waals surface area contributed by atoms with E-state index in [2.05, 4.69) is 5.32 Å². The molecule has 198 valence electrons. The van der Waals surface area contributed by atoms with Crippen molar-refractivity contribution in [2.45, 2.75) is 32.4 Å². The van der Waals surface area contributed by atoms with Crippen molar-refractivity contribution in [3.8, 4) is 5.75 Å². The number of ether oxygens (including phenoxy) is 1. The fraction of sp³-hybridized carbons (Fsp3) is 0.323. The van der Waals surface area contributed by atoms with Gasteiger partial charge in [0.15, 0.2) is 12.1 Å². The van der Waals surface area contributed by atoms with Gasteiger partial charge in [-0.05, 0) is 42.0 Å². The molecule has 0 aliphatic carbocycles. The third kappa shape index (κ3) is 5.94. The van der Waals surface area contributed by atoms with Gasteiger partial charge in [0.05, 0.1) is 13.1 Å². The van der Waals surface area contributed by atoms with Gasteiger partial charge in [-0.15, -0.1) is 0 Å². The van der Waals surface area contributed by atoms with Gasteiger partial charge in [-0.2, -0.15) is 0 Å². The molecule has 38 heavy (non-hydrogen) atoms. The Labute approximate surface area is 223 Å². The first-order valence-electron chi connectivity index (χ1n) is 12.7. The second-order valence-electron chi connectivity index (χ2n) is 10.1. The summed E-state index contributed by atoms with van der Waals surface area (Å²) in [5.41, 5.74) is 1.69. The number of hydrogen-bond acceptors (Lipinski definition) is 5. The van der Waals surface area contributed by atoms with Crippen LogP contribution in [0.3, 0.4) is 0 Å². The summed E-state index contributed by atoms with van der Waals surface area (Å²) in [6.45, 7) is 2.65. The summed E-state index contributed by atoms with van der Waals surface area (Å²) in [7, 11) is 0. The minimum Gasteiger partial charge on any atom is -0.508 e. The third-order valence-corrected chi connectivity index (χ3v) is 7.66. The van der Waals surface area contributed by atoms with Crippen molar-refractivity contribution in [1.29, 1.82) is 0 Å². The van der Waals surface area contributed by atoms with Crippen LogP contribution in [-0.4, -0.2) is 59.5 Å². The van der Waals surface area contributed by atoms with Gasteiger partial charge in [-0.25, -0.2) is 4.79 Å². The number of ketones is 1. The molecule has 3 fully saturated rings. The number of nitrogens with zero attached hydrogens (tertiary/aromatic N) is 1. The molecule has 3 saturated heterocycles. The zero-order valence-corrected chi connectivity index (χ0v) is 20.6. The van der Waals surface area contributed by atoms with E-state index in [1.807, 2.05) is 24.3 Å². The Morgan fingerprint density at radius 3 is 2.11 bits per heavy atom. The van der Waals surface area contributed by atoms with E-state index in [1.165, 1.54) is 12.1 Å². The number of Topliss-reactive ketones (excluding diaryl/α,β-unsaturated/α-hetero) is 1. The lowest BCUT2D eigenvalue weighted by atomic mass is 9.82. The molecule has 2 bridgehead atoms. The quantitative estimate of drug-likeness (QED) is 0.261. The molecule has 0 aromatic heterocycles. The van der Waals surface area contributed by atoms with E-state index in [0.29, 0.717) is 34.3 Å². The molecule has 6 rings (SSSR count). The maximum Gasteiger partial charge on any atom is 0.333 e. The lowest BCUT2D eigenvalue weighted by molar-refractivity contribution is -0.938. The second-order valence-corrected chi connectivity index (χ2v) is 10.1. The van der Waals surface area contributed by atoms with Crippen LogP contribution in [0, 0.1) is 5.92 Å². The van der Waals surface area contributed by atoms with Gasteiger partial charge in [0, 0.05) is 29.9 Å². The number of amides is 1. The van der Waals surface area contributed by atoms with Crippen molar-refractivity contribution in [2.75, 3.05) is 26.2 Å². The van der Waals surface area contributed by atoms with Crippen LogP contribution >= 0.6 is 0 Å². The highest BCUT2D eigenvalue weighted by atomic mass is 16.5. The number of carbonyl (C=O) groups excluding carboxylic acids is 3. The first kappa shape index (κ1) is 27.1. The smallest absolute Gasteiger partial charge is 0.333 e. The number of aromatic hydroxyl groups is 1. The Balaban J connectivity index is 0.00000336. The molecule has 3 heterocycles. The molecule has 0 spiro atoms.